The van der Waals surface area contributed by atoms with E-state index < -0.39 is 20.8 Å². The van der Waals surface area contributed by atoms with Gasteiger partial charge >= 0.3 is 0 Å². The van der Waals surface area contributed by atoms with Gasteiger partial charge in [0.2, 0.25) is 0 Å². The molecule has 0 aromatic heterocycles. The zero-order valence-electron chi connectivity index (χ0n) is 11.7. The zero-order valence-corrected chi connectivity index (χ0v) is 12.6. The molecule has 0 atom stereocenters. The van der Waals surface area contributed by atoms with E-state index in [0.29, 0.717) is 5.56 Å². The summed E-state index contributed by atoms with van der Waals surface area (Å²) in [7, 11) is -4.75. The Bertz CT molecular complexity index is 736. The maximum absolute atomic E-state index is 11.5. The summed E-state index contributed by atoms with van der Waals surface area (Å²) in [5.74, 6) is -0.507. The van der Waals surface area contributed by atoms with Crippen LogP contribution in [-0.4, -0.2) is 18.1 Å². The molecule has 0 aliphatic carbocycles. The molecule has 0 radical (unpaired) electrons. The lowest BCUT2D eigenvalue weighted by molar-refractivity contribution is 0.436. The Kier molecular flexibility index (Phi) is 4.65. The average molecular weight is 305 g/mol. The van der Waals surface area contributed by atoms with Crippen molar-refractivity contribution in [3.05, 3.63) is 48.0 Å². The van der Waals surface area contributed by atoms with Crippen molar-refractivity contribution in [3.63, 3.8) is 0 Å². The van der Waals surface area contributed by atoms with Gasteiger partial charge in [-0.3, -0.25) is 0 Å². The van der Waals surface area contributed by atoms with E-state index in [1.165, 1.54) is 12.1 Å². The molecule has 0 heterocycles. The van der Waals surface area contributed by atoms with Crippen molar-refractivity contribution in [3.8, 4) is 16.9 Å². The van der Waals surface area contributed by atoms with Gasteiger partial charge in [-0.2, -0.15) is 0 Å². The van der Waals surface area contributed by atoms with Crippen molar-refractivity contribution in [2.75, 3.05) is 0 Å². The molecule has 0 unspecified atom stereocenters. The summed E-state index contributed by atoms with van der Waals surface area (Å²) in [4.78, 5) is -0.547. The third-order valence-corrected chi connectivity index (χ3v) is 4.28. The molecule has 0 aliphatic heterocycles. The van der Waals surface area contributed by atoms with E-state index in [-0.39, 0.29) is 5.56 Å². The molecule has 21 heavy (non-hydrogen) atoms. The second kappa shape index (κ2) is 6.28. The van der Waals surface area contributed by atoms with Gasteiger partial charge in [0.15, 0.2) is 0 Å². The topological polar surface area (TPSA) is 77.4 Å². The molecule has 0 amide bonds. The smallest absolute Gasteiger partial charge is 0.133 e. The van der Waals surface area contributed by atoms with Crippen LogP contribution in [-0.2, 0) is 16.5 Å². The molecule has 0 aliphatic rings. The van der Waals surface area contributed by atoms with Crippen molar-refractivity contribution < 1.29 is 18.1 Å². The summed E-state index contributed by atoms with van der Waals surface area (Å²) in [5, 5.41) is 9.78. The first-order chi connectivity index (χ1) is 9.95. The number of benzene rings is 2. The quantitative estimate of drug-likeness (QED) is 0.860. The van der Waals surface area contributed by atoms with E-state index in [1.54, 1.807) is 18.2 Å². The van der Waals surface area contributed by atoms with Gasteiger partial charge in [-0.25, -0.2) is 8.42 Å². The largest absolute Gasteiger partial charge is 0.744 e. The molecule has 5 heteroatoms. The lowest BCUT2D eigenvalue weighted by Crippen LogP contribution is -2.03. The van der Waals surface area contributed by atoms with E-state index in [9.17, 15) is 18.1 Å². The Morgan fingerprint density at radius 3 is 2.38 bits per heavy atom. The number of rotatable bonds is 5. The van der Waals surface area contributed by atoms with Crippen LogP contribution in [0.4, 0.5) is 0 Å². The Balaban J connectivity index is 2.66. The van der Waals surface area contributed by atoms with Gasteiger partial charge in [0, 0.05) is 5.56 Å². The number of phenols is 1. The Hall–Kier alpha value is -1.85. The van der Waals surface area contributed by atoms with E-state index in [2.05, 4.69) is 6.92 Å². The standard InChI is InChI=1S/C16H18O4S/c1-2-3-7-12-8-4-5-9-13(12)14-10-6-11-15(17)16(14)21(18,19)20/h4-6,8-11,17H,2-3,7H2,1H3,(H,18,19,20)/p-1. The number of aromatic hydroxyl groups is 1. The SMILES string of the molecule is CCCCc1ccccc1-c1cccc(O)c1S(=O)(=O)[O-]. The van der Waals surface area contributed by atoms with E-state index in [4.69, 9.17) is 0 Å². The number of hydrogen-bond donors (Lipinski definition) is 1. The third kappa shape index (κ3) is 3.43. The van der Waals surface area contributed by atoms with Crippen molar-refractivity contribution >= 4 is 10.1 Å². The highest BCUT2D eigenvalue weighted by atomic mass is 32.2. The van der Waals surface area contributed by atoms with Gasteiger partial charge in [0.25, 0.3) is 0 Å². The summed E-state index contributed by atoms with van der Waals surface area (Å²) in [6, 6.07) is 11.7. The van der Waals surface area contributed by atoms with Crippen LogP contribution >= 0.6 is 0 Å². The van der Waals surface area contributed by atoms with Gasteiger partial charge in [-0.1, -0.05) is 49.7 Å². The molecule has 2 aromatic rings. The lowest BCUT2D eigenvalue weighted by atomic mass is 9.96. The molecule has 2 aromatic carbocycles. The first kappa shape index (κ1) is 15.5. The van der Waals surface area contributed by atoms with Crippen LogP contribution in [0.5, 0.6) is 5.75 Å². The minimum Gasteiger partial charge on any atom is -0.744 e. The van der Waals surface area contributed by atoms with Gasteiger partial charge in [-0.15, -0.1) is 0 Å². The van der Waals surface area contributed by atoms with Gasteiger partial charge in [-0.05, 0) is 30.0 Å². The maximum atomic E-state index is 11.5. The third-order valence-electron chi connectivity index (χ3n) is 3.35. The van der Waals surface area contributed by atoms with Crippen LogP contribution in [0.1, 0.15) is 25.3 Å². The minimum atomic E-state index is -4.75. The molecular formula is C16H17O4S-. The summed E-state index contributed by atoms with van der Waals surface area (Å²) in [6.45, 7) is 2.07. The van der Waals surface area contributed by atoms with E-state index in [1.807, 2.05) is 12.1 Å². The average Bonchev–Trinajstić information content (AvgIpc) is 2.44. The zero-order chi connectivity index (χ0) is 15.5. The van der Waals surface area contributed by atoms with Crippen molar-refractivity contribution in [1.82, 2.24) is 0 Å². The predicted octanol–water partition coefficient (Wildman–Crippen LogP) is 3.31. The fraction of sp³-hybridized carbons (Fsp3) is 0.250. The Morgan fingerprint density at radius 1 is 1.05 bits per heavy atom. The lowest BCUT2D eigenvalue weighted by Gasteiger charge is -2.17. The molecule has 0 spiro atoms. The Morgan fingerprint density at radius 2 is 1.71 bits per heavy atom. The molecule has 0 saturated heterocycles. The summed E-state index contributed by atoms with van der Waals surface area (Å²) >= 11 is 0. The summed E-state index contributed by atoms with van der Waals surface area (Å²) in [5.41, 5.74) is 1.91. The number of unbranched alkanes of at least 4 members (excludes halogenated alkanes) is 1. The van der Waals surface area contributed by atoms with Crippen LogP contribution in [0.15, 0.2) is 47.4 Å². The van der Waals surface area contributed by atoms with E-state index >= 15 is 0 Å². The van der Waals surface area contributed by atoms with Crippen molar-refractivity contribution in [1.29, 1.82) is 0 Å². The molecule has 112 valence electrons. The molecule has 0 saturated carbocycles. The van der Waals surface area contributed by atoms with Crippen LogP contribution in [0.25, 0.3) is 11.1 Å². The number of hydrogen-bond acceptors (Lipinski definition) is 4. The highest BCUT2D eigenvalue weighted by Gasteiger charge is 2.17. The fourth-order valence-corrected chi connectivity index (χ4v) is 3.14. The fourth-order valence-electron chi connectivity index (χ4n) is 2.37. The van der Waals surface area contributed by atoms with Gasteiger partial charge in [0.1, 0.15) is 20.8 Å². The normalized spacial score (nSPS) is 11.5. The van der Waals surface area contributed by atoms with Crippen molar-refractivity contribution in [2.24, 2.45) is 0 Å². The monoisotopic (exact) mass is 305 g/mol. The second-order valence-corrected chi connectivity index (χ2v) is 6.19. The molecule has 0 fully saturated rings. The predicted molar refractivity (Wildman–Crippen MR) is 80.1 cm³/mol. The maximum Gasteiger partial charge on any atom is 0.133 e. The molecule has 0 bridgehead atoms. The van der Waals surface area contributed by atoms with Crippen molar-refractivity contribution in [2.45, 2.75) is 31.1 Å². The van der Waals surface area contributed by atoms with Crippen LogP contribution in [0, 0.1) is 0 Å². The van der Waals surface area contributed by atoms with Crippen LogP contribution in [0.3, 0.4) is 0 Å². The Labute approximate surface area is 124 Å². The second-order valence-electron chi connectivity index (χ2n) is 4.87. The first-order valence-electron chi connectivity index (χ1n) is 6.81. The first-order valence-corrected chi connectivity index (χ1v) is 8.22. The number of aryl methyl sites for hydroxylation is 1. The summed E-state index contributed by atoms with van der Waals surface area (Å²) < 4.78 is 34.4. The molecule has 2 rings (SSSR count). The van der Waals surface area contributed by atoms with Gasteiger partial charge in [0.05, 0.1) is 0 Å². The molecule has 4 nitrogen and oxygen atoms in total. The molecular weight excluding hydrogens is 288 g/mol. The highest BCUT2D eigenvalue weighted by molar-refractivity contribution is 7.86. The minimum absolute atomic E-state index is 0.261. The van der Waals surface area contributed by atoms with E-state index in [0.717, 1.165) is 24.8 Å². The summed E-state index contributed by atoms with van der Waals surface area (Å²) in [6.07, 6.45) is 2.77. The van der Waals surface area contributed by atoms with Crippen LogP contribution < -0.4 is 0 Å². The van der Waals surface area contributed by atoms with Gasteiger partial charge < -0.3 is 9.66 Å². The number of phenolic OH excluding ortho intramolecular Hbond substituents is 1. The molecule has 1 N–H and O–H groups in total. The van der Waals surface area contributed by atoms with Crippen LogP contribution in [0.2, 0.25) is 0 Å². The highest BCUT2D eigenvalue weighted by Crippen LogP contribution is 2.35.